The van der Waals surface area contributed by atoms with E-state index in [1.807, 2.05) is 31.2 Å². The van der Waals surface area contributed by atoms with Crippen LogP contribution in [0.5, 0.6) is 0 Å². The summed E-state index contributed by atoms with van der Waals surface area (Å²) in [5.41, 5.74) is 4.95. The number of anilines is 1. The van der Waals surface area contributed by atoms with Gasteiger partial charge in [-0.2, -0.15) is 5.10 Å². The molecule has 2 aromatic rings. The average Bonchev–Trinajstić information content (AvgIpc) is 2.35. The zero-order valence-electron chi connectivity index (χ0n) is 10.6. The highest BCUT2D eigenvalue weighted by Crippen LogP contribution is 2.16. The van der Waals surface area contributed by atoms with Crippen molar-refractivity contribution in [2.45, 2.75) is 13.8 Å². The molecule has 0 amide bonds. The van der Waals surface area contributed by atoms with E-state index in [2.05, 4.69) is 36.4 Å². The van der Waals surface area contributed by atoms with Gasteiger partial charge in [-0.3, -0.25) is 9.78 Å². The molecule has 0 bridgehead atoms. The number of aromatic nitrogens is 2. The van der Waals surface area contributed by atoms with Gasteiger partial charge in [-0.1, -0.05) is 34.1 Å². The lowest BCUT2D eigenvalue weighted by molar-refractivity contribution is 1.04. The van der Waals surface area contributed by atoms with E-state index in [1.54, 1.807) is 6.92 Å². The van der Waals surface area contributed by atoms with Crippen LogP contribution in [0, 0.1) is 6.92 Å². The van der Waals surface area contributed by atoms with E-state index in [-0.39, 0.29) is 5.56 Å². The van der Waals surface area contributed by atoms with Crippen LogP contribution in [-0.4, -0.2) is 15.7 Å². The SMILES string of the molecule is C/C(=N/Nc1nc(C)cc(=O)[nH]1)c1ccccc1Br. The summed E-state index contributed by atoms with van der Waals surface area (Å²) < 4.78 is 0.962. The quantitative estimate of drug-likeness (QED) is 0.674. The van der Waals surface area contributed by atoms with Crippen LogP contribution in [0.25, 0.3) is 0 Å². The highest BCUT2D eigenvalue weighted by atomic mass is 79.9. The summed E-state index contributed by atoms with van der Waals surface area (Å²) in [6.45, 7) is 3.63. The Morgan fingerprint density at radius 2 is 2.16 bits per heavy atom. The van der Waals surface area contributed by atoms with Crippen LogP contribution in [0.1, 0.15) is 18.2 Å². The monoisotopic (exact) mass is 320 g/mol. The van der Waals surface area contributed by atoms with Crippen LogP contribution in [0.4, 0.5) is 5.95 Å². The summed E-state index contributed by atoms with van der Waals surface area (Å²) in [6, 6.07) is 9.20. The van der Waals surface area contributed by atoms with Crippen molar-refractivity contribution in [2.24, 2.45) is 5.10 Å². The van der Waals surface area contributed by atoms with Gasteiger partial charge in [0.05, 0.1) is 5.71 Å². The van der Waals surface area contributed by atoms with E-state index < -0.39 is 0 Å². The van der Waals surface area contributed by atoms with Crippen molar-refractivity contribution >= 4 is 27.6 Å². The zero-order chi connectivity index (χ0) is 13.8. The molecule has 5 nitrogen and oxygen atoms in total. The maximum absolute atomic E-state index is 11.3. The van der Waals surface area contributed by atoms with E-state index in [0.29, 0.717) is 11.6 Å². The molecule has 19 heavy (non-hydrogen) atoms. The fourth-order valence-electron chi connectivity index (χ4n) is 1.58. The summed E-state index contributed by atoms with van der Waals surface area (Å²) in [7, 11) is 0. The average molecular weight is 321 g/mol. The van der Waals surface area contributed by atoms with Gasteiger partial charge in [-0.25, -0.2) is 10.4 Å². The van der Waals surface area contributed by atoms with Crippen molar-refractivity contribution < 1.29 is 0 Å². The van der Waals surface area contributed by atoms with Crippen LogP contribution in [-0.2, 0) is 0 Å². The first-order chi connectivity index (χ1) is 9.06. The van der Waals surface area contributed by atoms with Crippen LogP contribution in [0.2, 0.25) is 0 Å². The summed E-state index contributed by atoms with van der Waals surface area (Å²) in [5, 5.41) is 4.21. The molecule has 0 aliphatic rings. The van der Waals surface area contributed by atoms with Gasteiger partial charge in [0, 0.05) is 21.8 Å². The second kappa shape index (κ2) is 5.79. The normalized spacial score (nSPS) is 11.4. The summed E-state index contributed by atoms with van der Waals surface area (Å²) in [6.07, 6.45) is 0. The number of aromatic amines is 1. The Morgan fingerprint density at radius 1 is 1.42 bits per heavy atom. The molecule has 0 aliphatic heterocycles. The predicted octanol–water partition coefficient (Wildman–Crippen LogP) is 2.68. The molecule has 0 radical (unpaired) electrons. The number of H-pyrrole nitrogens is 1. The highest BCUT2D eigenvalue weighted by Gasteiger charge is 2.02. The van der Waals surface area contributed by atoms with E-state index in [1.165, 1.54) is 6.07 Å². The van der Waals surface area contributed by atoms with Crippen molar-refractivity contribution in [3.8, 4) is 0 Å². The number of nitrogens with one attached hydrogen (secondary N) is 2. The Morgan fingerprint density at radius 3 is 2.84 bits per heavy atom. The Kier molecular flexibility index (Phi) is 4.11. The Hall–Kier alpha value is -1.95. The first-order valence-electron chi connectivity index (χ1n) is 5.69. The molecular weight excluding hydrogens is 308 g/mol. The Labute approximate surface area is 118 Å². The number of hydrogen-bond donors (Lipinski definition) is 2. The molecule has 2 N–H and O–H groups in total. The van der Waals surface area contributed by atoms with Crippen molar-refractivity contribution in [3.63, 3.8) is 0 Å². The molecule has 0 atom stereocenters. The molecule has 98 valence electrons. The van der Waals surface area contributed by atoms with Crippen LogP contribution >= 0.6 is 15.9 Å². The molecule has 1 aromatic heterocycles. The van der Waals surface area contributed by atoms with Crippen LogP contribution in [0.3, 0.4) is 0 Å². The third-order valence-electron chi connectivity index (χ3n) is 2.46. The number of hydrazone groups is 1. The van der Waals surface area contributed by atoms with E-state index in [4.69, 9.17) is 0 Å². The molecule has 1 heterocycles. The van der Waals surface area contributed by atoms with Crippen molar-refractivity contribution in [3.05, 3.63) is 56.4 Å². The zero-order valence-corrected chi connectivity index (χ0v) is 12.2. The largest absolute Gasteiger partial charge is 0.291 e. The molecule has 0 spiro atoms. The molecular formula is C13H13BrN4O. The van der Waals surface area contributed by atoms with Crippen molar-refractivity contribution in [1.29, 1.82) is 0 Å². The minimum Gasteiger partial charge on any atom is -0.291 e. The molecule has 0 fully saturated rings. The van der Waals surface area contributed by atoms with Gasteiger partial charge in [-0.05, 0) is 19.9 Å². The third-order valence-corrected chi connectivity index (χ3v) is 3.15. The van der Waals surface area contributed by atoms with E-state index >= 15 is 0 Å². The first kappa shape index (κ1) is 13.5. The van der Waals surface area contributed by atoms with Gasteiger partial charge in [0.25, 0.3) is 5.56 Å². The predicted molar refractivity (Wildman–Crippen MR) is 79.6 cm³/mol. The summed E-state index contributed by atoms with van der Waals surface area (Å²) >= 11 is 3.46. The van der Waals surface area contributed by atoms with Gasteiger partial charge >= 0.3 is 0 Å². The Bertz CT molecular complexity index is 678. The lowest BCUT2D eigenvalue weighted by atomic mass is 10.1. The first-order valence-corrected chi connectivity index (χ1v) is 6.49. The number of halogens is 1. The summed E-state index contributed by atoms with van der Waals surface area (Å²) in [4.78, 5) is 18.0. The van der Waals surface area contributed by atoms with Crippen molar-refractivity contribution in [1.82, 2.24) is 9.97 Å². The molecule has 0 saturated carbocycles. The maximum atomic E-state index is 11.3. The smallest absolute Gasteiger partial charge is 0.252 e. The number of nitrogens with zero attached hydrogens (tertiary/aromatic N) is 2. The second-order valence-electron chi connectivity index (χ2n) is 4.02. The van der Waals surface area contributed by atoms with Gasteiger partial charge in [0.2, 0.25) is 5.95 Å². The lowest BCUT2D eigenvalue weighted by Crippen LogP contribution is -2.11. The molecule has 0 saturated heterocycles. The molecule has 1 aromatic carbocycles. The van der Waals surface area contributed by atoms with Gasteiger partial charge in [0.15, 0.2) is 0 Å². The fourth-order valence-corrected chi connectivity index (χ4v) is 2.16. The second-order valence-corrected chi connectivity index (χ2v) is 4.88. The maximum Gasteiger partial charge on any atom is 0.252 e. The van der Waals surface area contributed by atoms with E-state index in [9.17, 15) is 4.79 Å². The number of rotatable bonds is 3. The minimum atomic E-state index is -0.205. The standard InChI is InChI=1S/C13H13BrN4O/c1-8-7-12(19)16-13(15-8)18-17-9(2)10-5-3-4-6-11(10)14/h3-7H,1-2H3,(H2,15,16,18,19)/b17-9-. The minimum absolute atomic E-state index is 0.205. The third kappa shape index (κ3) is 3.51. The van der Waals surface area contributed by atoms with Gasteiger partial charge < -0.3 is 0 Å². The molecule has 6 heteroatoms. The van der Waals surface area contributed by atoms with Crippen molar-refractivity contribution in [2.75, 3.05) is 5.43 Å². The Balaban J connectivity index is 2.23. The number of hydrogen-bond acceptors (Lipinski definition) is 4. The highest BCUT2D eigenvalue weighted by molar-refractivity contribution is 9.10. The lowest BCUT2D eigenvalue weighted by Gasteiger charge is -2.05. The van der Waals surface area contributed by atoms with Gasteiger partial charge in [0.1, 0.15) is 0 Å². The summed E-state index contributed by atoms with van der Waals surface area (Å²) in [5.74, 6) is 0.330. The van der Waals surface area contributed by atoms with Crippen LogP contribution in [0.15, 0.2) is 44.7 Å². The number of benzene rings is 1. The van der Waals surface area contributed by atoms with E-state index in [0.717, 1.165) is 15.7 Å². The molecule has 0 unspecified atom stereocenters. The molecule has 0 aliphatic carbocycles. The topological polar surface area (TPSA) is 70.1 Å². The molecule has 2 rings (SSSR count). The van der Waals surface area contributed by atoms with Crippen LogP contribution < -0.4 is 11.0 Å². The fraction of sp³-hybridized carbons (Fsp3) is 0.154. The number of aryl methyl sites for hydroxylation is 1. The van der Waals surface area contributed by atoms with Gasteiger partial charge in [-0.15, -0.1) is 0 Å².